The Labute approximate surface area is 262 Å². The van der Waals surface area contributed by atoms with Gasteiger partial charge in [0.15, 0.2) is 0 Å². The average molecular weight is 612 g/mol. The maximum absolute atomic E-state index is 13.5. The van der Waals surface area contributed by atoms with Gasteiger partial charge < -0.3 is 26.2 Å². The van der Waals surface area contributed by atoms with Gasteiger partial charge in [0.1, 0.15) is 24.2 Å². The van der Waals surface area contributed by atoms with Gasteiger partial charge in [-0.3, -0.25) is 19.2 Å². The van der Waals surface area contributed by atoms with Crippen molar-refractivity contribution in [2.45, 2.75) is 123 Å². The van der Waals surface area contributed by atoms with Gasteiger partial charge in [-0.15, -0.1) is 0 Å². The molecule has 0 fully saturated rings. The number of aliphatic carboxylic acids is 1. The maximum atomic E-state index is 13.5. The summed E-state index contributed by atoms with van der Waals surface area (Å²) < 4.78 is 5.86. The standard InChI is InChI=1S/C35H53N3O6/c1-6-8-9-10-11-12-15-24(4)30(44-35(43)32(36)23(3)7-2)22-31(39)38-29(33(40)37-25(5)34(41)42)21-26-18-19-27-16-13-14-17-28(27)20-26/h13-14,16-20,23-25,29-30,32H,6-12,15,21-22,36H2,1-5H3,(H,37,40)(H,38,39)(H,41,42)/t23-,24-,25-,29-,30-,32+/m0/s1. The van der Waals surface area contributed by atoms with Crippen molar-refractivity contribution >= 4 is 34.5 Å². The minimum absolute atomic E-state index is 0.0721. The Morgan fingerprint density at radius 3 is 2.18 bits per heavy atom. The van der Waals surface area contributed by atoms with Crippen LogP contribution in [-0.2, 0) is 30.3 Å². The zero-order valence-electron chi connectivity index (χ0n) is 27.1. The summed E-state index contributed by atoms with van der Waals surface area (Å²) in [7, 11) is 0. The second kappa shape index (κ2) is 19.0. The van der Waals surface area contributed by atoms with Crippen molar-refractivity contribution in [3.05, 3.63) is 48.0 Å². The third-order valence-corrected chi connectivity index (χ3v) is 8.47. The summed E-state index contributed by atoms with van der Waals surface area (Å²) >= 11 is 0. The van der Waals surface area contributed by atoms with Crippen molar-refractivity contribution in [2.24, 2.45) is 17.6 Å². The van der Waals surface area contributed by atoms with E-state index in [-0.39, 0.29) is 24.7 Å². The van der Waals surface area contributed by atoms with E-state index in [2.05, 4.69) is 17.6 Å². The van der Waals surface area contributed by atoms with Crippen molar-refractivity contribution in [1.29, 1.82) is 0 Å². The highest BCUT2D eigenvalue weighted by Crippen LogP contribution is 2.22. The summed E-state index contributed by atoms with van der Waals surface area (Å²) in [6, 6.07) is 10.6. The minimum Gasteiger partial charge on any atom is -0.480 e. The molecule has 2 aromatic carbocycles. The fourth-order valence-electron chi connectivity index (χ4n) is 5.13. The van der Waals surface area contributed by atoms with Gasteiger partial charge in [0.25, 0.3) is 0 Å². The molecule has 6 atom stereocenters. The van der Waals surface area contributed by atoms with E-state index >= 15 is 0 Å². The number of hydrogen-bond acceptors (Lipinski definition) is 6. The van der Waals surface area contributed by atoms with Crippen LogP contribution in [0.1, 0.15) is 98.0 Å². The normalized spacial score (nSPS) is 15.4. The van der Waals surface area contributed by atoms with E-state index in [1.807, 2.05) is 63.2 Å². The number of fused-ring (bicyclic) bond motifs is 1. The predicted molar refractivity (Wildman–Crippen MR) is 174 cm³/mol. The van der Waals surface area contributed by atoms with Crippen LogP contribution in [0.2, 0.25) is 0 Å². The van der Waals surface area contributed by atoms with Crippen LogP contribution in [0.4, 0.5) is 0 Å². The number of esters is 1. The number of rotatable bonds is 20. The molecule has 2 aromatic rings. The number of carbonyl (C=O) groups excluding carboxylic acids is 3. The molecule has 2 rings (SSSR count). The number of carbonyl (C=O) groups is 4. The number of amides is 2. The molecule has 0 aliphatic rings. The van der Waals surface area contributed by atoms with Crippen LogP contribution in [0.15, 0.2) is 42.5 Å². The molecule has 0 aliphatic heterocycles. The number of carboxylic acids is 1. The minimum atomic E-state index is -1.18. The van der Waals surface area contributed by atoms with Gasteiger partial charge in [-0.1, -0.05) is 115 Å². The van der Waals surface area contributed by atoms with Crippen molar-refractivity contribution in [2.75, 3.05) is 0 Å². The van der Waals surface area contributed by atoms with Gasteiger partial charge in [0.2, 0.25) is 11.8 Å². The van der Waals surface area contributed by atoms with Crippen molar-refractivity contribution in [1.82, 2.24) is 10.6 Å². The summed E-state index contributed by atoms with van der Waals surface area (Å²) in [5.41, 5.74) is 6.97. The largest absolute Gasteiger partial charge is 0.480 e. The summed E-state index contributed by atoms with van der Waals surface area (Å²) in [6.45, 7) is 9.37. The molecule has 0 spiro atoms. The molecule has 9 nitrogen and oxygen atoms in total. The highest BCUT2D eigenvalue weighted by molar-refractivity contribution is 5.91. The first-order chi connectivity index (χ1) is 21.0. The molecule has 9 heteroatoms. The van der Waals surface area contributed by atoms with Gasteiger partial charge in [-0.2, -0.15) is 0 Å². The van der Waals surface area contributed by atoms with E-state index in [9.17, 15) is 24.3 Å². The molecule has 244 valence electrons. The number of carboxylic acid groups (broad SMARTS) is 1. The molecule has 0 bridgehead atoms. The van der Waals surface area contributed by atoms with Crippen LogP contribution in [0.5, 0.6) is 0 Å². The molecular weight excluding hydrogens is 558 g/mol. The molecule has 0 saturated heterocycles. The van der Waals surface area contributed by atoms with Crippen molar-refractivity contribution < 1.29 is 29.0 Å². The lowest BCUT2D eigenvalue weighted by molar-refractivity contribution is -0.156. The van der Waals surface area contributed by atoms with E-state index < -0.39 is 48.0 Å². The Hall–Kier alpha value is -3.46. The average Bonchev–Trinajstić information content (AvgIpc) is 3.00. The van der Waals surface area contributed by atoms with Crippen molar-refractivity contribution in [3.63, 3.8) is 0 Å². The number of hydrogen-bond donors (Lipinski definition) is 4. The summed E-state index contributed by atoms with van der Waals surface area (Å²) in [5.74, 6) is -2.95. The van der Waals surface area contributed by atoms with Gasteiger partial charge in [-0.25, -0.2) is 0 Å². The van der Waals surface area contributed by atoms with Crippen LogP contribution < -0.4 is 16.4 Å². The Morgan fingerprint density at radius 2 is 1.52 bits per heavy atom. The summed E-state index contributed by atoms with van der Waals surface area (Å²) in [4.78, 5) is 51.1. The highest BCUT2D eigenvalue weighted by Gasteiger charge is 2.31. The quantitative estimate of drug-likeness (QED) is 0.114. The molecule has 0 saturated carbocycles. The Kier molecular flexibility index (Phi) is 15.9. The zero-order chi connectivity index (χ0) is 32.6. The molecule has 5 N–H and O–H groups in total. The Bertz CT molecular complexity index is 1220. The second-order valence-electron chi connectivity index (χ2n) is 12.2. The zero-order valence-corrected chi connectivity index (χ0v) is 27.1. The number of benzene rings is 2. The lowest BCUT2D eigenvalue weighted by Crippen LogP contribution is -2.52. The first kappa shape index (κ1) is 36.7. The fraction of sp³-hybridized carbons (Fsp3) is 0.600. The van der Waals surface area contributed by atoms with Crippen LogP contribution in [-0.4, -0.2) is 53.1 Å². The second-order valence-corrected chi connectivity index (χ2v) is 12.2. The number of ether oxygens (including phenoxy) is 1. The maximum Gasteiger partial charge on any atom is 0.325 e. The summed E-state index contributed by atoms with van der Waals surface area (Å²) in [5, 5.41) is 16.7. The third-order valence-electron chi connectivity index (χ3n) is 8.47. The van der Waals surface area contributed by atoms with E-state index in [1.165, 1.54) is 26.2 Å². The van der Waals surface area contributed by atoms with Crippen LogP contribution in [0, 0.1) is 11.8 Å². The van der Waals surface area contributed by atoms with Crippen LogP contribution in [0.25, 0.3) is 10.8 Å². The first-order valence-electron chi connectivity index (χ1n) is 16.2. The molecule has 0 aromatic heterocycles. The van der Waals surface area contributed by atoms with Crippen LogP contribution >= 0.6 is 0 Å². The molecular formula is C35H53N3O6. The van der Waals surface area contributed by atoms with Gasteiger partial charge in [0.05, 0.1) is 6.42 Å². The number of nitrogens with two attached hydrogens (primary N) is 1. The van der Waals surface area contributed by atoms with Crippen molar-refractivity contribution in [3.8, 4) is 0 Å². The lowest BCUT2D eigenvalue weighted by atomic mass is 9.93. The summed E-state index contributed by atoms with van der Waals surface area (Å²) in [6.07, 6.45) is 7.56. The van der Waals surface area contributed by atoms with E-state index in [1.54, 1.807) is 0 Å². The van der Waals surface area contributed by atoms with E-state index in [4.69, 9.17) is 10.5 Å². The topological polar surface area (TPSA) is 148 Å². The molecule has 0 heterocycles. The Morgan fingerprint density at radius 1 is 0.864 bits per heavy atom. The van der Waals surface area contributed by atoms with Gasteiger partial charge >= 0.3 is 11.9 Å². The molecule has 44 heavy (non-hydrogen) atoms. The number of unbranched alkanes of at least 4 members (excludes halogenated alkanes) is 5. The SMILES string of the molecule is CCCCCCCC[C@H](C)[C@H](CC(=O)N[C@@H](Cc1ccc2ccccc2c1)C(=O)N[C@@H](C)C(=O)O)OC(=O)[C@H](N)[C@@H](C)CC. The smallest absolute Gasteiger partial charge is 0.325 e. The highest BCUT2D eigenvalue weighted by atomic mass is 16.5. The van der Waals surface area contributed by atoms with Gasteiger partial charge in [-0.05, 0) is 41.5 Å². The molecule has 0 radical (unpaired) electrons. The number of nitrogens with one attached hydrogen (secondary N) is 2. The first-order valence-corrected chi connectivity index (χ1v) is 16.2. The van der Waals surface area contributed by atoms with E-state index in [0.717, 1.165) is 48.4 Å². The lowest BCUT2D eigenvalue weighted by Gasteiger charge is -2.27. The van der Waals surface area contributed by atoms with Crippen LogP contribution in [0.3, 0.4) is 0 Å². The monoisotopic (exact) mass is 611 g/mol. The van der Waals surface area contributed by atoms with E-state index in [0.29, 0.717) is 0 Å². The molecule has 0 unspecified atom stereocenters. The van der Waals surface area contributed by atoms with Gasteiger partial charge in [0, 0.05) is 6.42 Å². The Balaban J connectivity index is 2.21. The molecule has 0 aliphatic carbocycles. The fourth-order valence-corrected chi connectivity index (χ4v) is 5.13. The molecule has 2 amide bonds. The third kappa shape index (κ3) is 12.3. The predicted octanol–water partition coefficient (Wildman–Crippen LogP) is 5.52.